The number of amides is 1. The molecule has 160 valence electrons. The Kier molecular flexibility index (Phi) is 6.34. The number of fused-ring (bicyclic) bond motifs is 1. The fraction of sp³-hybridized carbons (Fsp3) is 0.250. The Labute approximate surface area is 191 Å². The van der Waals surface area contributed by atoms with Crippen molar-refractivity contribution >= 4 is 45.0 Å². The fourth-order valence-electron chi connectivity index (χ4n) is 3.74. The van der Waals surface area contributed by atoms with Gasteiger partial charge < -0.3 is 14.2 Å². The molecule has 3 aromatic rings. The molecule has 1 saturated heterocycles. The first-order valence-electron chi connectivity index (χ1n) is 9.82. The van der Waals surface area contributed by atoms with Crippen LogP contribution in [0, 0.1) is 0 Å². The Morgan fingerprint density at radius 1 is 0.935 bits per heavy atom. The second-order valence-electron chi connectivity index (χ2n) is 7.18. The summed E-state index contributed by atoms with van der Waals surface area (Å²) in [5, 5.41) is 1.80. The molecule has 3 aromatic carbocycles. The van der Waals surface area contributed by atoms with Gasteiger partial charge in [-0.3, -0.25) is 9.69 Å². The molecule has 1 fully saturated rings. The molecule has 1 amide bonds. The first-order valence-corrected chi connectivity index (χ1v) is 11.1. The largest absolute Gasteiger partial charge is 0.497 e. The van der Waals surface area contributed by atoms with Crippen LogP contribution >= 0.6 is 24.0 Å². The second kappa shape index (κ2) is 9.16. The zero-order valence-electron chi connectivity index (χ0n) is 17.6. The number of carbonyl (C=O) groups is 1. The Bertz CT molecular complexity index is 1130. The van der Waals surface area contributed by atoms with E-state index in [0.717, 1.165) is 39.1 Å². The second-order valence-corrected chi connectivity index (χ2v) is 9.02. The summed E-state index contributed by atoms with van der Waals surface area (Å²) in [4.78, 5) is 14.9. The molecular formula is C24H23NO4S2. The number of thioether (sulfide) groups is 1. The van der Waals surface area contributed by atoms with Crippen LogP contribution < -0.4 is 14.2 Å². The third-order valence-corrected chi connectivity index (χ3v) is 7.00. The maximum absolute atomic E-state index is 13.2. The zero-order chi connectivity index (χ0) is 22.0. The predicted octanol–water partition coefficient (Wildman–Crippen LogP) is 4.84. The molecule has 1 aliphatic heterocycles. The first kappa shape index (κ1) is 21.5. The molecule has 5 nitrogen and oxygen atoms in total. The lowest BCUT2D eigenvalue weighted by molar-refractivity contribution is -0.126. The highest BCUT2D eigenvalue weighted by Gasteiger charge is 2.37. The summed E-state index contributed by atoms with van der Waals surface area (Å²) in [7, 11) is 4.93. The predicted molar refractivity (Wildman–Crippen MR) is 128 cm³/mol. The van der Waals surface area contributed by atoms with Gasteiger partial charge in [-0.25, -0.2) is 0 Å². The molecule has 0 spiro atoms. The van der Waals surface area contributed by atoms with Gasteiger partial charge in [0.15, 0.2) is 0 Å². The lowest BCUT2D eigenvalue weighted by atomic mass is 9.98. The summed E-state index contributed by atoms with van der Waals surface area (Å²) in [5.74, 6) is 2.33. The number of rotatable bonds is 7. The topological polar surface area (TPSA) is 48.0 Å². The van der Waals surface area contributed by atoms with E-state index < -0.39 is 0 Å². The minimum Gasteiger partial charge on any atom is -0.497 e. The summed E-state index contributed by atoms with van der Waals surface area (Å²) in [6.45, 7) is 0.450. The Hall–Kier alpha value is -2.77. The highest BCUT2D eigenvalue weighted by molar-refractivity contribution is 8.24. The van der Waals surface area contributed by atoms with Gasteiger partial charge in [0.05, 0.1) is 33.1 Å². The zero-order valence-corrected chi connectivity index (χ0v) is 19.2. The van der Waals surface area contributed by atoms with E-state index in [1.807, 2.05) is 54.6 Å². The standard InChI is InChI=1S/C24H23NO4S2/c1-27-17-8-4-15(5-9-17)14-25-23(26)22(31-24(25)30)13-20-19-12-18(28-2)10-6-16(19)7-11-21(20)29-3/h4-12,22H,13-14H2,1-3H3/t22-/m1/s1. The van der Waals surface area contributed by atoms with E-state index in [0.29, 0.717) is 17.3 Å². The van der Waals surface area contributed by atoms with Gasteiger partial charge in [-0.2, -0.15) is 0 Å². The van der Waals surface area contributed by atoms with E-state index in [2.05, 4.69) is 0 Å². The van der Waals surface area contributed by atoms with Crippen LogP contribution in [0.25, 0.3) is 10.8 Å². The van der Waals surface area contributed by atoms with Crippen molar-refractivity contribution in [3.05, 3.63) is 65.7 Å². The van der Waals surface area contributed by atoms with Crippen molar-refractivity contribution in [2.75, 3.05) is 21.3 Å². The van der Waals surface area contributed by atoms with Gasteiger partial charge in [-0.05, 0) is 53.1 Å². The molecule has 1 atom stereocenters. The van der Waals surface area contributed by atoms with E-state index in [1.165, 1.54) is 11.8 Å². The van der Waals surface area contributed by atoms with Crippen molar-refractivity contribution in [2.24, 2.45) is 0 Å². The van der Waals surface area contributed by atoms with Gasteiger partial charge in [0.2, 0.25) is 5.91 Å². The molecule has 0 unspecified atom stereocenters. The third kappa shape index (κ3) is 4.34. The summed E-state index contributed by atoms with van der Waals surface area (Å²) >= 11 is 6.98. The average Bonchev–Trinajstić information content (AvgIpc) is 3.06. The van der Waals surface area contributed by atoms with Gasteiger partial charge in [0.25, 0.3) is 0 Å². The van der Waals surface area contributed by atoms with Gasteiger partial charge in [0.1, 0.15) is 21.6 Å². The number of nitrogens with zero attached hydrogens (tertiary/aromatic N) is 1. The minimum atomic E-state index is -0.295. The van der Waals surface area contributed by atoms with Crippen molar-refractivity contribution in [3.8, 4) is 17.2 Å². The van der Waals surface area contributed by atoms with Crippen LogP contribution in [0.2, 0.25) is 0 Å². The number of ether oxygens (including phenoxy) is 3. The average molecular weight is 454 g/mol. The van der Waals surface area contributed by atoms with Gasteiger partial charge in [0, 0.05) is 5.56 Å². The molecule has 0 N–H and O–H groups in total. The van der Waals surface area contributed by atoms with Crippen LogP contribution in [0.5, 0.6) is 17.2 Å². The van der Waals surface area contributed by atoms with Crippen LogP contribution in [-0.2, 0) is 17.8 Å². The summed E-state index contributed by atoms with van der Waals surface area (Å²) in [5.41, 5.74) is 1.99. The maximum Gasteiger partial charge on any atom is 0.242 e. The highest BCUT2D eigenvalue weighted by atomic mass is 32.2. The van der Waals surface area contributed by atoms with Crippen LogP contribution in [0.1, 0.15) is 11.1 Å². The highest BCUT2D eigenvalue weighted by Crippen LogP contribution is 2.37. The lowest BCUT2D eigenvalue weighted by Gasteiger charge is -2.17. The van der Waals surface area contributed by atoms with E-state index in [9.17, 15) is 4.79 Å². The maximum atomic E-state index is 13.2. The quantitative estimate of drug-likeness (QED) is 0.477. The van der Waals surface area contributed by atoms with Crippen molar-refractivity contribution in [2.45, 2.75) is 18.2 Å². The molecule has 1 heterocycles. The van der Waals surface area contributed by atoms with Gasteiger partial charge >= 0.3 is 0 Å². The monoisotopic (exact) mass is 453 g/mol. The fourth-order valence-corrected chi connectivity index (χ4v) is 5.25. The SMILES string of the molecule is COc1ccc(CN2C(=O)[C@@H](Cc3c(OC)ccc4ccc(OC)cc34)SC2=S)cc1. The van der Waals surface area contributed by atoms with Crippen molar-refractivity contribution in [1.82, 2.24) is 4.90 Å². The van der Waals surface area contributed by atoms with E-state index >= 15 is 0 Å². The van der Waals surface area contributed by atoms with Crippen molar-refractivity contribution in [3.63, 3.8) is 0 Å². The number of benzene rings is 3. The molecule has 1 aliphatic rings. The molecular weight excluding hydrogens is 430 g/mol. The van der Waals surface area contributed by atoms with Gasteiger partial charge in [-0.15, -0.1) is 0 Å². The number of thiocarbonyl (C=S) groups is 1. The minimum absolute atomic E-state index is 0.0211. The lowest BCUT2D eigenvalue weighted by Crippen LogP contribution is -2.31. The van der Waals surface area contributed by atoms with Crippen LogP contribution in [0.15, 0.2) is 54.6 Å². The third-order valence-electron chi connectivity index (χ3n) is 5.41. The van der Waals surface area contributed by atoms with Crippen molar-refractivity contribution in [1.29, 1.82) is 0 Å². The summed E-state index contributed by atoms with van der Waals surface area (Å²) in [6, 6.07) is 17.6. The van der Waals surface area contributed by atoms with E-state index in [4.69, 9.17) is 26.4 Å². The molecule has 0 aliphatic carbocycles. The molecule has 31 heavy (non-hydrogen) atoms. The summed E-state index contributed by atoms with van der Waals surface area (Å²) in [6.07, 6.45) is 0.524. The number of hydrogen-bond donors (Lipinski definition) is 0. The van der Waals surface area contributed by atoms with Crippen molar-refractivity contribution < 1.29 is 19.0 Å². The number of methoxy groups -OCH3 is 3. The molecule has 7 heteroatoms. The Balaban J connectivity index is 1.60. The summed E-state index contributed by atoms with van der Waals surface area (Å²) < 4.78 is 16.8. The molecule has 0 radical (unpaired) electrons. The Morgan fingerprint density at radius 2 is 1.61 bits per heavy atom. The van der Waals surface area contributed by atoms with Crippen LogP contribution in [0.3, 0.4) is 0 Å². The van der Waals surface area contributed by atoms with E-state index in [1.54, 1.807) is 26.2 Å². The molecule has 4 rings (SSSR count). The van der Waals surface area contributed by atoms with Gasteiger partial charge in [-0.1, -0.05) is 48.2 Å². The smallest absolute Gasteiger partial charge is 0.242 e. The normalized spacial score (nSPS) is 16.1. The molecule has 0 saturated carbocycles. The number of carbonyl (C=O) groups excluding carboxylic acids is 1. The molecule has 0 aromatic heterocycles. The van der Waals surface area contributed by atoms with Crippen LogP contribution in [0.4, 0.5) is 0 Å². The van der Waals surface area contributed by atoms with Crippen LogP contribution in [-0.4, -0.2) is 41.7 Å². The number of hydrogen-bond acceptors (Lipinski definition) is 6. The van der Waals surface area contributed by atoms with E-state index in [-0.39, 0.29) is 11.2 Å². The molecule has 0 bridgehead atoms. The first-order chi connectivity index (χ1) is 15.0. The Morgan fingerprint density at radius 3 is 2.29 bits per heavy atom.